The highest BCUT2D eigenvalue weighted by molar-refractivity contribution is 5.74. The molecule has 1 N–H and O–H groups in total. The van der Waals surface area contributed by atoms with Gasteiger partial charge >= 0.3 is 6.03 Å². The second kappa shape index (κ2) is 6.87. The number of nitrogens with zero attached hydrogens (tertiary/aromatic N) is 2. The van der Waals surface area contributed by atoms with E-state index in [0.29, 0.717) is 18.7 Å². The topological polar surface area (TPSA) is 35.6 Å². The molecule has 1 fully saturated rings. The normalized spacial score (nSPS) is 17.0. The molecule has 0 spiro atoms. The number of halogens is 1. The molecular weight excluding hydrogens is 293 g/mol. The van der Waals surface area contributed by atoms with Gasteiger partial charge in [-0.3, -0.25) is 0 Å². The molecule has 0 unspecified atom stereocenters. The summed E-state index contributed by atoms with van der Waals surface area (Å²) < 4.78 is 14.0. The van der Waals surface area contributed by atoms with Gasteiger partial charge in [-0.1, -0.05) is 19.1 Å². The van der Waals surface area contributed by atoms with Crippen molar-refractivity contribution >= 4 is 6.03 Å². The molecular formula is C18H28FN3O. The zero-order chi connectivity index (χ0) is 17.2. The lowest BCUT2D eigenvalue weighted by Crippen LogP contribution is -2.45. The van der Waals surface area contributed by atoms with Crippen molar-refractivity contribution in [2.45, 2.75) is 45.8 Å². The fourth-order valence-corrected chi connectivity index (χ4v) is 2.73. The summed E-state index contributed by atoms with van der Waals surface area (Å²) in [6.45, 7) is 5.20. The van der Waals surface area contributed by atoms with Crippen LogP contribution in [0.1, 0.15) is 37.8 Å². The van der Waals surface area contributed by atoms with E-state index in [4.69, 9.17) is 0 Å². The lowest BCUT2D eigenvalue weighted by Gasteiger charge is -2.30. The average molecular weight is 321 g/mol. The Bertz CT molecular complexity index is 569. The zero-order valence-corrected chi connectivity index (χ0v) is 14.8. The van der Waals surface area contributed by atoms with Gasteiger partial charge in [-0.2, -0.15) is 0 Å². The summed E-state index contributed by atoms with van der Waals surface area (Å²) in [5, 5.41) is 2.88. The lowest BCUT2D eigenvalue weighted by molar-refractivity contribution is 0.170. The van der Waals surface area contributed by atoms with Crippen LogP contribution in [0.3, 0.4) is 0 Å². The molecule has 1 aliphatic rings. The monoisotopic (exact) mass is 321 g/mol. The number of urea groups is 1. The Hall–Kier alpha value is -1.62. The molecule has 128 valence electrons. The third-order valence-electron chi connectivity index (χ3n) is 5.00. The van der Waals surface area contributed by atoms with E-state index in [1.54, 1.807) is 11.0 Å². The molecule has 1 aliphatic carbocycles. The Morgan fingerprint density at radius 1 is 1.35 bits per heavy atom. The van der Waals surface area contributed by atoms with Crippen LogP contribution >= 0.6 is 0 Å². The van der Waals surface area contributed by atoms with Gasteiger partial charge < -0.3 is 15.1 Å². The Kier molecular flexibility index (Phi) is 5.30. The smallest absolute Gasteiger partial charge is 0.317 e. The summed E-state index contributed by atoms with van der Waals surface area (Å²) in [6.07, 6.45) is 2.34. The number of amides is 2. The van der Waals surface area contributed by atoms with Crippen molar-refractivity contribution in [2.75, 3.05) is 21.1 Å². The Morgan fingerprint density at radius 3 is 2.52 bits per heavy atom. The molecule has 2 amide bonds. The molecule has 1 aromatic carbocycles. The minimum atomic E-state index is -0.224. The first-order valence-corrected chi connectivity index (χ1v) is 8.15. The molecule has 23 heavy (non-hydrogen) atoms. The molecule has 4 nitrogen and oxygen atoms in total. The summed E-state index contributed by atoms with van der Waals surface area (Å²) in [6, 6.07) is 5.26. The Balaban J connectivity index is 1.90. The van der Waals surface area contributed by atoms with Gasteiger partial charge in [-0.15, -0.1) is 0 Å². The van der Waals surface area contributed by atoms with Gasteiger partial charge in [0.1, 0.15) is 5.82 Å². The summed E-state index contributed by atoms with van der Waals surface area (Å²) in [7, 11) is 5.64. The minimum absolute atomic E-state index is 0.108. The van der Waals surface area contributed by atoms with Crippen molar-refractivity contribution in [3.8, 4) is 0 Å². The second-order valence-corrected chi connectivity index (χ2v) is 7.26. The quantitative estimate of drug-likeness (QED) is 0.873. The first-order chi connectivity index (χ1) is 10.7. The summed E-state index contributed by atoms with van der Waals surface area (Å²) in [5.74, 6) is -0.224. The van der Waals surface area contributed by atoms with Gasteiger partial charge in [0.25, 0.3) is 0 Å². The van der Waals surface area contributed by atoms with E-state index in [2.05, 4.69) is 19.2 Å². The molecule has 5 heteroatoms. The van der Waals surface area contributed by atoms with Crippen LogP contribution < -0.4 is 5.32 Å². The second-order valence-electron chi connectivity index (χ2n) is 7.26. The minimum Gasteiger partial charge on any atom is -0.334 e. The highest BCUT2D eigenvalue weighted by Crippen LogP contribution is 2.49. The van der Waals surface area contributed by atoms with Crippen LogP contribution in [0.2, 0.25) is 0 Å². The fraction of sp³-hybridized carbons (Fsp3) is 0.611. The van der Waals surface area contributed by atoms with Gasteiger partial charge in [0, 0.05) is 31.7 Å². The number of rotatable bonds is 6. The van der Waals surface area contributed by atoms with E-state index in [1.165, 1.54) is 18.9 Å². The predicted molar refractivity (Wildman–Crippen MR) is 90.6 cm³/mol. The molecule has 1 atom stereocenters. The molecule has 0 radical (unpaired) electrons. The number of carbonyl (C=O) groups excluding carboxylic acids is 1. The largest absolute Gasteiger partial charge is 0.334 e. The van der Waals surface area contributed by atoms with Gasteiger partial charge in [0.2, 0.25) is 0 Å². The number of benzene rings is 1. The first-order valence-electron chi connectivity index (χ1n) is 8.15. The maximum absolute atomic E-state index is 14.0. The van der Waals surface area contributed by atoms with E-state index >= 15 is 0 Å². The van der Waals surface area contributed by atoms with Crippen LogP contribution in [0, 0.1) is 11.2 Å². The predicted octanol–water partition coefficient (Wildman–Crippen LogP) is 3.22. The van der Waals surface area contributed by atoms with E-state index in [1.807, 2.05) is 32.1 Å². The van der Waals surface area contributed by atoms with E-state index < -0.39 is 0 Å². The van der Waals surface area contributed by atoms with Gasteiger partial charge in [-0.05, 0) is 50.9 Å². The SMILES string of the molecule is C[C@H](N(C)C(=O)NCc1ccc(CN(C)C)c(F)c1)C1(C)CC1. The highest BCUT2D eigenvalue weighted by atomic mass is 19.1. The molecule has 0 saturated heterocycles. The standard InChI is InChI=1S/C18H28FN3O/c1-13(18(2)8-9-18)22(5)17(23)20-11-14-6-7-15(12-21(3)4)16(19)10-14/h6-7,10,13H,8-9,11-12H2,1-5H3,(H,20,23)/t13-/m0/s1. The van der Waals surface area contributed by atoms with Crippen molar-refractivity contribution in [3.05, 3.63) is 35.1 Å². The molecule has 2 rings (SSSR count). The molecule has 0 bridgehead atoms. The molecule has 0 aliphatic heterocycles. The third-order valence-corrected chi connectivity index (χ3v) is 5.00. The van der Waals surface area contributed by atoms with E-state index in [0.717, 1.165) is 5.56 Å². The van der Waals surface area contributed by atoms with Crippen LogP contribution in [-0.2, 0) is 13.1 Å². The maximum atomic E-state index is 14.0. The Labute approximate surface area is 138 Å². The zero-order valence-electron chi connectivity index (χ0n) is 14.8. The third kappa shape index (κ3) is 4.44. The number of nitrogens with one attached hydrogen (secondary N) is 1. The number of carbonyl (C=O) groups is 1. The van der Waals surface area contributed by atoms with Crippen LogP contribution in [0.15, 0.2) is 18.2 Å². The van der Waals surface area contributed by atoms with Crippen molar-refractivity contribution in [2.24, 2.45) is 5.41 Å². The average Bonchev–Trinajstić information content (AvgIpc) is 3.24. The number of hydrogen-bond acceptors (Lipinski definition) is 2. The van der Waals surface area contributed by atoms with Gasteiger partial charge in [0.15, 0.2) is 0 Å². The van der Waals surface area contributed by atoms with Crippen molar-refractivity contribution in [1.82, 2.24) is 15.1 Å². The molecule has 1 aromatic rings. The first kappa shape index (κ1) is 17.7. The molecule has 0 aromatic heterocycles. The van der Waals surface area contributed by atoms with Crippen molar-refractivity contribution in [3.63, 3.8) is 0 Å². The van der Waals surface area contributed by atoms with Crippen molar-refractivity contribution in [1.29, 1.82) is 0 Å². The lowest BCUT2D eigenvalue weighted by atomic mass is 10.00. The number of hydrogen-bond donors (Lipinski definition) is 1. The van der Waals surface area contributed by atoms with Crippen LogP contribution in [0.5, 0.6) is 0 Å². The Morgan fingerprint density at radius 2 is 2.00 bits per heavy atom. The van der Waals surface area contributed by atoms with Gasteiger partial charge in [-0.25, -0.2) is 9.18 Å². The van der Waals surface area contributed by atoms with Crippen molar-refractivity contribution < 1.29 is 9.18 Å². The highest BCUT2D eigenvalue weighted by Gasteiger charge is 2.45. The summed E-state index contributed by atoms with van der Waals surface area (Å²) >= 11 is 0. The maximum Gasteiger partial charge on any atom is 0.317 e. The van der Waals surface area contributed by atoms with E-state index in [9.17, 15) is 9.18 Å². The molecule has 0 heterocycles. The van der Waals surface area contributed by atoms with Gasteiger partial charge in [0.05, 0.1) is 0 Å². The van der Waals surface area contributed by atoms with E-state index in [-0.39, 0.29) is 23.3 Å². The molecule has 1 saturated carbocycles. The van der Waals surface area contributed by atoms with Crippen LogP contribution in [-0.4, -0.2) is 43.0 Å². The summed E-state index contributed by atoms with van der Waals surface area (Å²) in [4.78, 5) is 15.9. The van der Waals surface area contributed by atoms with Crippen LogP contribution in [0.4, 0.5) is 9.18 Å². The van der Waals surface area contributed by atoms with Crippen LogP contribution in [0.25, 0.3) is 0 Å². The fourth-order valence-electron chi connectivity index (χ4n) is 2.73. The summed E-state index contributed by atoms with van der Waals surface area (Å²) in [5.41, 5.74) is 1.70.